The summed E-state index contributed by atoms with van der Waals surface area (Å²) < 4.78 is 20.3. The zero-order valence-electron chi connectivity index (χ0n) is 11.2. The summed E-state index contributed by atoms with van der Waals surface area (Å²) in [6, 6.07) is 2.72. The number of halogens is 2. The maximum absolute atomic E-state index is 13.0. The second-order valence-electron chi connectivity index (χ2n) is 4.49. The standard InChI is InChI=1S/C13H15BrFN3O2/c1-13(19,11-4-3-9(15)7-16-11)12-10(14)8-17-18(12)5-6-20-2/h3-4,7-8,19H,5-6H2,1-2H3. The third kappa shape index (κ3) is 2.89. The van der Waals surface area contributed by atoms with Crippen LogP contribution in [0.5, 0.6) is 0 Å². The molecule has 2 heterocycles. The third-order valence-electron chi connectivity index (χ3n) is 2.99. The van der Waals surface area contributed by atoms with Gasteiger partial charge in [0, 0.05) is 7.11 Å². The maximum atomic E-state index is 13.0. The van der Waals surface area contributed by atoms with Gasteiger partial charge in [0.1, 0.15) is 11.4 Å². The van der Waals surface area contributed by atoms with E-state index in [1.54, 1.807) is 24.9 Å². The molecule has 0 amide bonds. The Morgan fingerprint density at radius 1 is 1.45 bits per heavy atom. The van der Waals surface area contributed by atoms with Gasteiger partial charge in [0.05, 0.1) is 41.4 Å². The molecule has 108 valence electrons. The van der Waals surface area contributed by atoms with E-state index in [2.05, 4.69) is 26.0 Å². The zero-order chi connectivity index (χ0) is 14.8. The SMILES string of the molecule is COCCn1ncc(Br)c1C(C)(O)c1ccc(F)cn1. The van der Waals surface area contributed by atoms with Crippen LogP contribution in [0.2, 0.25) is 0 Å². The molecule has 0 fully saturated rings. The topological polar surface area (TPSA) is 60.2 Å². The van der Waals surface area contributed by atoms with Gasteiger partial charge in [0.2, 0.25) is 0 Å². The van der Waals surface area contributed by atoms with E-state index in [4.69, 9.17) is 4.74 Å². The first-order chi connectivity index (χ1) is 9.46. The van der Waals surface area contributed by atoms with Crippen LogP contribution in [0.4, 0.5) is 4.39 Å². The molecule has 0 radical (unpaired) electrons. The smallest absolute Gasteiger partial charge is 0.146 e. The molecule has 0 saturated carbocycles. The zero-order valence-corrected chi connectivity index (χ0v) is 12.8. The van der Waals surface area contributed by atoms with Crippen molar-refractivity contribution in [3.63, 3.8) is 0 Å². The lowest BCUT2D eigenvalue weighted by Crippen LogP contribution is -2.29. The van der Waals surface area contributed by atoms with E-state index in [0.717, 1.165) is 6.20 Å². The van der Waals surface area contributed by atoms with Gasteiger partial charge in [-0.25, -0.2) is 4.39 Å². The third-order valence-corrected chi connectivity index (χ3v) is 3.57. The van der Waals surface area contributed by atoms with Crippen molar-refractivity contribution in [2.24, 2.45) is 0 Å². The first-order valence-electron chi connectivity index (χ1n) is 6.02. The fourth-order valence-corrected chi connectivity index (χ4v) is 2.66. The number of aliphatic hydroxyl groups is 1. The van der Waals surface area contributed by atoms with Gasteiger partial charge in [-0.15, -0.1) is 0 Å². The Balaban J connectivity index is 2.42. The average molecular weight is 344 g/mol. The lowest BCUT2D eigenvalue weighted by Gasteiger charge is -2.24. The van der Waals surface area contributed by atoms with E-state index in [0.29, 0.717) is 29.0 Å². The quantitative estimate of drug-likeness (QED) is 0.902. The van der Waals surface area contributed by atoms with E-state index in [9.17, 15) is 9.50 Å². The van der Waals surface area contributed by atoms with Gasteiger partial charge in [-0.1, -0.05) is 0 Å². The predicted octanol–water partition coefficient (Wildman–Crippen LogP) is 2.08. The van der Waals surface area contributed by atoms with Crippen LogP contribution in [-0.2, 0) is 16.9 Å². The summed E-state index contributed by atoms with van der Waals surface area (Å²) >= 11 is 3.37. The Morgan fingerprint density at radius 2 is 2.20 bits per heavy atom. The van der Waals surface area contributed by atoms with Crippen molar-refractivity contribution in [3.05, 3.63) is 46.2 Å². The number of hydrogen-bond acceptors (Lipinski definition) is 4. The molecule has 0 saturated heterocycles. The lowest BCUT2D eigenvalue weighted by molar-refractivity contribution is 0.0829. The summed E-state index contributed by atoms with van der Waals surface area (Å²) in [7, 11) is 1.60. The molecule has 0 spiro atoms. The van der Waals surface area contributed by atoms with Crippen LogP contribution in [-0.4, -0.2) is 33.6 Å². The Labute approximate surface area is 124 Å². The van der Waals surface area contributed by atoms with Crippen LogP contribution in [0.25, 0.3) is 0 Å². The molecule has 0 aliphatic rings. The van der Waals surface area contributed by atoms with Gasteiger partial charge in [-0.05, 0) is 35.0 Å². The summed E-state index contributed by atoms with van der Waals surface area (Å²) in [5.41, 5.74) is -0.496. The minimum atomic E-state index is -1.39. The number of hydrogen-bond donors (Lipinski definition) is 1. The average Bonchev–Trinajstić information content (AvgIpc) is 2.78. The first-order valence-corrected chi connectivity index (χ1v) is 6.81. The summed E-state index contributed by atoms with van der Waals surface area (Å²) in [6.07, 6.45) is 2.68. The highest BCUT2D eigenvalue weighted by Gasteiger charge is 2.33. The highest BCUT2D eigenvalue weighted by Crippen LogP contribution is 2.33. The molecule has 2 rings (SSSR count). The van der Waals surface area contributed by atoms with Gasteiger partial charge in [-0.3, -0.25) is 9.67 Å². The van der Waals surface area contributed by atoms with Crippen molar-refractivity contribution in [1.29, 1.82) is 0 Å². The second kappa shape index (κ2) is 5.99. The lowest BCUT2D eigenvalue weighted by atomic mass is 9.97. The summed E-state index contributed by atoms with van der Waals surface area (Å²) in [5.74, 6) is -0.448. The molecule has 1 atom stereocenters. The number of pyridine rings is 1. The normalized spacial score (nSPS) is 14.2. The van der Waals surface area contributed by atoms with Gasteiger partial charge < -0.3 is 9.84 Å². The summed E-state index contributed by atoms with van der Waals surface area (Å²) in [4.78, 5) is 3.95. The van der Waals surface area contributed by atoms with E-state index < -0.39 is 11.4 Å². The Kier molecular flexibility index (Phi) is 4.52. The van der Waals surface area contributed by atoms with Crippen molar-refractivity contribution in [2.45, 2.75) is 19.1 Å². The molecule has 1 unspecified atom stereocenters. The highest BCUT2D eigenvalue weighted by molar-refractivity contribution is 9.10. The van der Waals surface area contributed by atoms with Crippen molar-refractivity contribution in [2.75, 3.05) is 13.7 Å². The number of aromatic nitrogens is 3. The Morgan fingerprint density at radius 3 is 2.80 bits per heavy atom. The minimum Gasteiger partial charge on any atom is -0.383 e. The summed E-state index contributed by atoms with van der Waals surface area (Å²) in [6.45, 7) is 2.56. The molecule has 0 bridgehead atoms. The van der Waals surface area contributed by atoms with Crippen molar-refractivity contribution in [1.82, 2.24) is 14.8 Å². The molecular weight excluding hydrogens is 329 g/mol. The molecule has 0 aliphatic heterocycles. The number of methoxy groups -OCH3 is 1. The number of rotatable bonds is 5. The maximum Gasteiger partial charge on any atom is 0.146 e. The van der Waals surface area contributed by atoms with Crippen molar-refractivity contribution in [3.8, 4) is 0 Å². The summed E-state index contributed by atoms with van der Waals surface area (Å²) in [5, 5.41) is 15.0. The Hall–Kier alpha value is -1.31. The minimum absolute atomic E-state index is 0.346. The molecule has 20 heavy (non-hydrogen) atoms. The Bertz CT molecular complexity index is 584. The first kappa shape index (κ1) is 15.1. The van der Waals surface area contributed by atoms with E-state index >= 15 is 0 Å². The molecule has 0 aliphatic carbocycles. The van der Waals surface area contributed by atoms with Crippen LogP contribution in [0.3, 0.4) is 0 Å². The van der Waals surface area contributed by atoms with E-state index in [-0.39, 0.29) is 0 Å². The largest absolute Gasteiger partial charge is 0.383 e. The van der Waals surface area contributed by atoms with Crippen LogP contribution in [0, 0.1) is 5.82 Å². The van der Waals surface area contributed by atoms with Crippen LogP contribution < -0.4 is 0 Å². The second-order valence-corrected chi connectivity index (χ2v) is 5.35. The fourth-order valence-electron chi connectivity index (χ4n) is 1.98. The molecule has 0 aromatic carbocycles. The van der Waals surface area contributed by atoms with Gasteiger partial charge in [0.15, 0.2) is 0 Å². The molecule has 2 aromatic rings. The highest BCUT2D eigenvalue weighted by atomic mass is 79.9. The van der Waals surface area contributed by atoms with Crippen LogP contribution >= 0.6 is 15.9 Å². The molecular formula is C13H15BrFN3O2. The number of nitrogens with zero attached hydrogens (tertiary/aromatic N) is 3. The molecule has 5 nitrogen and oxygen atoms in total. The van der Waals surface area contributed by atoms with Gasteiger partial charge in [-0.2, -0.15) is 5.10 Å². The van der Waals surface area contributed by atoms with Crippen molar-refractivity contribution < 1.29 is 14.2 Å². The molecule has 2 aromatic heterocycles. The van der Waals surface area contributed by atoms with E-state index in [1.165, 1.54) is 12.1 Å². The predicted molar refractivity (Wildman–Crippen MR) is 74.7 cm³/mol. The van der Waals surface area contributed by atoms with Gasteiger partial charge >= 0.3 is 0 Å². The number of ether oxygens (including phenoxy) is 1. The van der Waals surface area contributed by atoms with E-state index in [1.807, 2.05) is 0 Å². The molecule has 1 N–H and O–H groups in total. The van der Waals surface area contributed by atoms with Crippen molar-refractivity contribution >= 4 is 15.9 Å². The van der Waals surface area contributed by atoms with Crippen LogP contribution in [0.15, 0.2) is 29.0 Å². The molecule has 7 heteroatoms. The monoisotopic (exact) mass is 343 g/mol. The van der Waals surface area contributed by atoms with Crippen LogP contribution in [0.1, 0.15) is 18.3 Å². The fraction of sp³-hybridized carbons (Fsp3) is 0.385. The van der Waals surface area contributed by atoms with Gasteiger partial charge in [0.25, 0.3) is 0 Å².